The van der Waals surface area contributed by atoms with Crippen molar-refractivity contribution in [2.45, 2.75) is 52.0 Å². The minimum atomic E-state index is -0.184. The van der Waals surface area contributed by atoms with Crippen LogP contribution in [0.25, 0.3) is 22.3 Å². The number of hydrogen-bond donors (Lipinski definition) is 2. The summed E-state index contributed by atoms with van der Waals surface area (Å²) in [4.78, 5) is 39.7. The first-order valence-corrected chi connectivity index (χ1v) is 13.0. The number of nitrogens with one attached hydrogen (secondary N) is 2. The highest BCUT2D eigenvalue weighted by molar-refractivity contribution is 6.09. The number of piperidine rings is 1. The Hall–Kier alpha value is -3.82. The SMILES string of the molecule is CCC(=O)N1CCC(NC(=O)c2c(C)[nH]c3c(-c4c(OCC5CC5)ccc5c4OCO5)ncnc23)CC1. The summed E-state index contributed by atoms with van der Waals surface area (Å²) in [5, 5.41) is 3.16. The molecule has 3 aliphatic rings. The van der Waals surface area contributed by atoms with E-state index < -0.39 is 0 Å². The van der Waals surface area contributed by atoms with Gasteiger partial charge >= 0.3 is 0 Å². The molecule has 0 atom stereocenters. The quantitative estimate of drug-likeness (QED) is 0.504. The van der Waals surface area contributed by atoms with Crippen molar-refractivity contribution >= 4 is 22.8 Å². The van der Waals surface area contributed by atoms with Crippen LogP contribution in [0, 0.1) is 12.8 Å². The molecule has 0 unspecified atom stereocenters. The van der Waals surface area contributed by atoms with E-state index in [2.05, 4.69) is 20.3 Å². The zero-order valence-corrected chi connectivity index (χ0v) is 21.1. The van der Waals surface area contributed by atoms with Crippen LogP contribution in [0.1, 0.15) is 55.1 Å². The Morgan fingerprint density at radius 3 is 2.73 bits per heavy atom. The summed E-state index contributed by atoms with van der Waals surface area (Å²) in [5.74, 6) is 2.44. The molecule has 1 saturated carbocycles. The lowest BCUT2D eigenvalue weighted by Gasteiger charge is -2.32. The van der Waals surface area contributed by atoms with Gasteiger partial charge in [0.05, 0.1) is 23.3 Å². The lowest BCUT2D eigenvalue weighted by atomic mass is 10.0. The van der Waals surface area contributed by atoms with Crippen LogP contribution in [-0.4, -0.2) is 64.2 Å². The number of hydrogen-bond acceptors (Lipinski definition) is 7. The van der Waals surface area contributed by atoms with E-state index in [0.717, 1.165) is 12.8 Å². The van der Waals surface area contributed by atoms with E-state index in [-0.39, 0.29) is 24.6 Å². The Balaban J connectivity index is 1.31. The van der Waals surface area contributed by atoms with Crippen LogP contribution in [0.15, 0.2) is 18.5 Å². The molecule has 1 saturated heterocycles. The number of benzene rings is 1. The van der Waals surface area contributed by atoms with Gasteiger partial charge in [0.1, 0.15) is 23.3 Å². The molecule has 2 fully saturated rings. The van der Waals surface area contributed by atoms with Crippen LogP contribution in [0.5, 0.6) is 17.2 Å². The van der Waals surface area contributed by atoms with Gasteiger partial charge in [0.25, 0.3) is 5.91 Å². The van der Waals surface area contributed by atoms with Crippen LogP contribution in [0.4, 0.5) is 0 Å². The standard InChI is InChI=1S/C27H31N5O5/c1-3-20(33)32-10-8-17(9-11-32)31-27(34)21-15(2)30-25-23(21)28-13-29-24(25)22-18(35-12-16-4-5-16)6-7-19-26(22)37-14-36-19/h6-7,13,16-17,30H,3-5,8-12,14H2,1-2H3,(H,31,34). The summed E-state index contributed by atoms with van der Waals surface area (Å²) < 4.78 is 17.6. The van der Waals surface area contributed by atoms with Crippen LogP contribution < -0.4 is 19.5 Å². The molecule has 0 spiro atoms. The molecular formula is C27H31N5O5. The molecule has 4 heterocycles. The van der Waals surface area contributed by atoms with Crippen LogP contribution in [0.3, 0.4) is 0 Å². The third-order valence-electron chi connectivity index (χ3n) is 7.39. The van der Waals surface area contributed by atoms with Gasteiger partial charge in [-0.05, 0) is 50.7 Å². The van der Waals surface area contributed by atoms with Gasteiger partial charge in [0, 0.05) is 31.2 Å². The lowest BCUT2D eigenvalue weighted by Crippen LogP contribution is -2.46. The minimum absolute atomic E-state index is 0.00410. The largest absolute Gasteiger partial charge is 0.492 e. The van der Waals surface area contributed by atoms with Gasteiger partial charge in [-0.2, -0.15) is 0 Å². The summed E-state index contributed by atoms with van der Waals surface area (Å²) in [6.07, 6.45) is 5.79. The Kier molecular flexibility index (Phi) is 6.10. The van der Waals surface area contributed by atoms with Gasteiger partial charge in [0.15, 0.2) is 11.5 Å². The second-order valence-electron chi connectivity index (χ2n) is 9.98. The summed E-state index contributed by atoms with van der Waals surface area (Å²) in [6.45, 7) is 5.81. The number of fused-ring (bicyclic) bond motifs is 2. The van der Waals surface area contributed by atoms with Crippen molar-refractivity contribution in [3.63, 3.8) is 0 Å². The molecule has 0 bridgehead atoms. The molecule has 10 nitrogen and oxygen atoms in total. The van der Waals surface area contributed by atoms with Crippen molar-refractivity contribution in [3.8, 4) is 28.5 Å². The number of amides is 2. The molecule has 3 aromatic rings. The molecule has 2 amide bonds. The molecule has 1 aliphatic carbocycles. The third-order valence-corrected chi connectivity index (χ3v) is 7.39. The van der Waals surface area contributed by atoms with Crippen molar-refractivity contribution in [1.29, 1.82) is 0 Å². The molecule has 2 N–H and O–H groups in total. The number of aromatic amines is 1. The molecule has 2 aliphatic heterocycles. The number of aromatic nitrogens is 3. The summed E-state index contributed by atoms with van der Waals surface area (Å²) >= 11 is 0. The summed E-state index contributed by atoms with van der Waals surface area (Å²) in [6, 6.07) is 3.74. The van der Waals surface area contributed by atoms with E-state index in [0.29, 0.717) is 82.8 Å². The van der Waals surface area contributed by atoms with Gasteiger partial charge in [-0.25, -0.2) is 9.97 Å². The third kappa shape index (κ3) is 4.45. The zero-order valence-electron chi connectivity index (χ0n) is 21.1. The smallest absolute Gasteiger partial charge is 0.255 e. The normalized spacial score (nSPS) is 17.3. The number of carbonyl (C=O) groups is 2. The average molecular weight is 506 g/mol. The van der Waals surface area contributed by atoms with Crippen molar-refractivity contribution in [1.82, 2.24) is 25.2 Å². The fourth-order valence-electron chi connectivity index (χ4n) is 5.13. The van der Waals surface area contributed by atoms with Gasteiger partial charge in [-0.1, -0.05) is 6.92 Å². The summed E-state index contributed by atoms with van der Waals surface area (Å²) in [7, 11) is 0. The van der Waals surface area contributed by atoms with E-state index in [1.807, 2.05) is 30.9 Å². The number of nitrogens with zero attached hydrogens (tertiary/aromatic N) is 3. The van der Waals surface area contributed by atoms with E-state index in [9.17, 15) is 9.59 Å². The van der Waals surface area contributed by atoms with E-state index in [4.69, 9.17) is 14.2 Å². The number of likely N-dealkylation sites (tertiary alicyclic amines) is 1. The minimum Gasteiger partial charge on any atom is -0.492 e. The Labute approximate surface area is 214 Å². The number of carbonyl (C=O) groups excluding carboxylic acids is 2. The number of ether oxygens (including phenoxy) is 3. The van der Waals surface area contributed by atoms with Gasteiger partial charge in [-0.15, -0.1) is 0 Å². The lowest BCUT2D eigenvalue weighted by molar-refractivity contribution is -0.131. The van der Waals surface area contributed by atoms with E-state index >= 15 is 0 Å². The number of rotatable bonds is 7. The topological polar surface area (TPSA) is 119 Å². The van der Waals surface area contributed by atoms with Crippen molar-refractivity contribution in [2.75, 3.05) is 26.5 Å². The first-order chi connectivity index (χ1) is 18.0. The van der Waals surface area contributed by atoms with E-state index in [1.165, 1.54) is 19.2 Å². The van der Waals surface area contributed by atoms with Crippen molar-refractivity contribution < 1.29 is 23.8 Å². The molecule has 0 radical (unpaired) electrons. The fraction of sp³-hybridized carbons (Fsp3) is 0.481. The monoisotopic (exact) mass is 505 g/mol. The number of H-pyrrole nitrogens is 1. The fourth-order valence-corrected chi connectivity index (χ4v) is 5.13. The van der Waals surface area contributed by atoms with Crippen LogP contribution in [0.2, 0.25) is 0 Å². The zero-order chi connectivity index (χ0) is 25.5. The van der Waals surface area contributed by atoms with Gasteiger partial charge in [0.2, 0.25) is 12.7 Å². The van der Waals surface area contributed by atoms with Gasteiger partial charge < -0.3 is 29.4 Å². The molecule has 6 rings (SSSR count). The number of aryl methyl sites for hydroxylation is 1. The highest BCUT2D eigenvalue weighted by Gasteiger charge is 2.30. The second-order valence-corrected chi connectivity index (χ2v) is 9.98. The van der Waals surface area contributed by atoms with Crippen molar-refractivity contribution in [2.24, 2.45) is 5.92 Å². The molecule has 2 aromatic heterocycles. The molecule has 194 valence electrons. The Morgan fingerprint density at radius 2 is 1.97 bits per heavy atom. The predicted molar refractivity (Wildman–Crippen MR) is 136 cm³/mol. The molecule has 1 aromatic carbocycles. The maximum absolute atomic E-state index is 13.4. The Bertz CT molecular complexity index is 1360. The highest BCUT2D eigenvalue weighted by Crippen LogP contribution is 2.48. The van der Waals surface area contributed by atoms with Crippen molar-refractivity contribution in [3.05, 3.63) is 29.7 Å². The maximum atomic E-state index is 13.4. The summed E-state index contributed by atoms with van der Waals surface area (Å²) in [5.41, 5.74) is 3.70. The predicted octanol–water partition coefficient (Wildman–Crippen LogP) is 3.58. The first-order valence-electron chi connectivity index (χ1n) is 13.0. The highest BCUT2D eigenvalue weighted by atomic mass is 16.7. The second kappa shape index (κ2) is 9.57. The maximum Gasteiger partial charge on any atom is 0.255 e. The first kappa shape index (κ1) is 23.6. The van der Waals surface area contributed by atoms with Crippen LogP contribution in [-0.2, 0) is 4.79 Å². The molecule has 37 heavy (non-hydrogen) atoms. The molecule has 10 heteroatoms. The Morgan fingerprint density at radius 1 is 1.16 bits per heavy atom. The van der Waals surface area contributed by atoms with Crippen LogP contribution >= 0.6 is 0 Å². The van der Waals surface area contributed by atoms with Gasteiger partial charge in [-0.3, -0.25) is 9.59 Å². The van der Waals surface area contributed by atoms with E-state index in [1.54, 1.807) is 0 Å². The molecular weight excluding hydrogens is 474 g/mol. The average Bonchev–Trinajstić information content (AvgIpc) is 3.50.